The highest BCUT2D eigenvalue weighted by atomic mass is 16.4. The van der Waals surface area contributed by atoms with Crippen LogP contribution in [0.3, 0.4) is 0 Å². The van der Waals surface area contributed by atoms with Crippen LogP contribution in [0, 0.1) is 11.8 Å². The summed E-state index contributed by atoms with van der Waals surface area (Å²) in [6, 6.07) is 6.76. The number of carboxylic acid groups (broad SMARTS) is 1. The number of carbonyl (C=O) groups is 2. The lowest BCUT2D eigenvalue weighted by Crippen LogP contribution is -2.28. The van der Waals surface area contributed by atoms with Crippen LogP contribution in [0.25, 0.3) is 0 Å². The van der Waals surface area contributed by atoms with Crippen molar-refractivity contribution in [3.8, 4) is 0 Å². The van der Waals surface area contributed by atoms with Crippen molar-refractivity contribution in [3.63, 3.8) is 0 Å². The summed E-state index contributed by atoms with van der Waals surface area (Å²) in [5, 5.41) is 11.8. The molecule has 1 rings (SSSR count). The van der Waals surface area contributed by atoms with Crippen molar-refractivity contribution in [3.05, 3.63) is 35.4 Å². The van der Waals surface area contributed by atoms with Gasteiger partial charge in [0.1, 0.15) is 0 Å². The quantitative estimate of drug-likeness (QED) is 0.773. The summed E-state index contributed by atoms with van der Waals surface area (Å²) < 4.78 is 0. The molecule has 0 saturated heterocycles. The van der Waals surface area contributed by atoms with E-state index < -0.39 is 5.97 Å². The topological polar surface area (TPSA) is 66.4 Å². The van der Waals surface area contributed by atoms with Crippen LogP contribution in [0.15, 0.2) is 24.3 Å². The molecule has 1 aromatic rings. The van der Waals surface area contributed by atoms with E-state index in [4.69, 9.17) is 5.11 Å². The SMILES string of the molecule is CCC(CC(=O)NCCc1ccc(C(=O)O)cc1)C(C)C. The van der Waals surface area contributed by atoms with Gasteiger partial charge in [0.2, 0.25) is 5.91 Å². The summed E-state index contributed by atoms with van der Waals surface area (Å²) in [6.07, 6.45) is 2.30. The fraction of sp³-hybridized carbons (Fsp3) is 0.529. The Bertz CT molecular complexity index is 465. The highest BCUT2D eigenvalue weighted by Crippen LogP contribution is 2.18. The molecule has 116 valence electrons. The molecule has 0 spiro atoms. The van der Waals surface area contributed by atoms with Gasteiger partial charge in [0.25, 0.3) is 0 Å². The van der Waals surface area contributed by atoms with Crippen molar-refractivity contribution in [1.82, 2.24) is 5.32 Å². The third-order valence-electron chi connectivity index (χ3n) is 3.85. The number of rotatable bonds is 8. The largest absolute Gasteiger partial charge is 0.478 e. The number of amides is 1. The number of benzene rings is 1. The number of nitrogens with one attached hydrogen (secondary N) is 1. The molecule has 0 radical (unpaired) electrons. The van der Waals surface area contributed by atoms with Crippen LogP contribution in [0.2, 0.25) is 0 Å². The maximum atomic E-state index is 11.9. The molecule has 0 saturated carbocycles. The first kappa shape index (κ1) is 17.2. The second-order valence-corrected chi connectivity index (χ2v) is 5.72. The first-order chi connectivity index (χ1) is 9.93. The Balaban J connectivity index is 2.36. The van der Waals surface area contributed by atoms with E-state index in [1.807, 2.05) is 0 Å². The van der Waals surface area contributed by atoms with Gasteiger partial charge in [0.05, 0.1) is 5.56 Å². The Morgan fingerprint density at radius 2 is 1.81 bits per heavy atom. The van der Waals surface area contributed by atoms with Gasteiger partial charge in [0.15, 0.2) is 0 Å². The van der Waals surface area contributed by atoms with Gasteiger partial charge in [-0.2, -0.15) is 0 Å². The van der Waals surface area contributed by atoms with Gasteiger partial charge in [-0.3, -0.25) is 4.79 Å². The molecule has 0 aliphatic rings. The lowest BCUT2D eigenvalue weighted by atomic mass is 9.90. The minimum atomic E-state index is -0.922. The van der Waals surface area contributed by atoms with E-state index >= 15 is 0 Å². The molecule has 0 fully saturated rings. The van der Waals surface area contributed by atoms with Crippen LogP contribution >= 0.6 is 0 Å². The van der Waals surface area contributed by atoms with Crippen molar-refractivity contribution in [2.75, 3.05) is 6.54 Å². The lowest BCUT2D eigenvalue weighted by molar-refractivity contribution is -0.122. The number of carbonyl (C=O) groups excluding carboxylic acids is 1. The zero-order valence-corrected chi connectivity index (χ0v) is 13.1. The second-order valence-electron chi connectivity index (χ2n) is 5.72. The molecule has 1 amide bonds. The normalized spacial score (nSPS) is 12.2. The van der Waals surface area contributed by atoms with Crippen LogP contribution in [0.4, 0.5) is 0 Å². The molecule has 0 heterocycles. The van der Waals surface area contributed by atoms with Crippen molar-refractivity contribution >= 4 is 11.9 Å². The van der Waals surface area contributed by atoms with Gasteiger partial charge in [-0.25, -0.2) is 4.79 Å². The molecule has 0 aromatic heterocycles. The number of hydrogen-bond donors (Lipinski definition) is 2. The number of hydrogen-bond acceptors (Lipinski definition) is 2. The van der Waals surface area contributed by atoms with Gasteiger partial charge in [0, 0.05) is 13.0 Å². The third-order valence-corrected chi connectivity index (χ3v) is 3.85. The fourth-order valence-corrected chi connectivity index (χ4v) is 2.32. The molecule has 4 nitrogen and oxygen atoms in total. The van der Waals surface area contributed by atoms with E-state index in [-0.39, 0.29) is 11.5 Å². The summed E-state index contributed by atoms with van der Waals surface area (Å²) in [5.74, 6) is 0.121. The van der Waals surface area contributed by atoms with Crippen molar-refractivity contribution in [2.45, 2.75) is 40.0 Å². The van der Waals surface area contributed by atoms with E-state index in [9.17, 15) is 9.59 Å². The van der Waals surface area contributed by atoms with E-state index in [1.54, 1.807) is 24.3 Å². The standard InChI is InChI=1S/C17H25NO3/c1-4-14(12(2)3)11-16(19)18-10-9-13-5-7-15(8-6-13)17(20)21/h5-8,12,14H,4,9-11H2,1-3H3,(H,18,19)(H,20,21). The Labute approximate surface area is 126 Å². The number of aromatic carboxylic acids is 1. The maximum Gasteiger partial charge on any atom is 0.335 e. The Morgan fingerprint density at radius 3 is 2.29 bits per heavy atom. The van der Waals surface area contributed by atoms with Gasteiger partial charge in [-0.1, -0.05) is 39.3 Å². The van der Waals surface area contributed by atoms with Crippen molar-refractivity contribution in [2.24, 2.45) is 11.8 Å². The maximum absolute atomic E-state index is 11.9. The molecule has 1 aromatic carbocycles. The van der Waals surface area contributed by atoms with Gasteiger partial charge >= 0.3 is 5.97 Å². The van der Waals surface area contributed by atoms with Crippen molar-refractivity contribution < 1.29 is 14.7 Å². The molecule has 0 aliphatic carbocycles. The third kappa shape index (κ3) is 5.98. The number of carboxylic acids is 1. The van der Waals surface area contributed by atoms with Crippen LogP contribution in [0.1, 0.15) is 49.5 Å². The van der Waals surface area contributed by atoms with Crippen molar-refractivity contribution in [1.29, 1.82) is 0 Å². The van der Waals surface area contributed by atoms with Crippen LogP contribution in [0.5, 0.6) is 0 Å². The summed E-state index contributed by atoms with van der Waals surface area (Å²) in [6.45, 7) is 6.98. The molecule has 1 atom stereocenters. The van der Waals surface area contributed by atoms with E-state index in [0.29, 0.717) is 31.2 Å². The van der Waals surface area contributed by atoms with Gasteiger partial charge in [-0.05, 0) is 36.0 Å². The van der Waals surface area contributed by atoms with E-state index in [1.165, 1.54) is 0 Å². The van der Waals surface area contributed by atoms with Gasteiger partial charge < -0.3 is 10.4 Å². The fourth-order valence-electron chi connectivity index (χ4n) is 2.32. The Morgan fingerprint density at radius 1 is 1.19 bits per heavy atom. The summed E-state index contributed by atoms with van der Waals surface area (Å²) in [5.41, 5.74) is 1.31. The molecular formula is C17H25NO3. The molecular weight excluding hydrogens is 266 g/mol. The second kappa shape index (κ2) is 8.45. The van der Waals surface area contributed by atoms with Crippen LogP contribution in [-0.2, 0) is 11.2 Å². The molecule has 1 unspecified atom stereocenters. The van der Waals surface area contributed by atoms with E-state index in [0.717, 1.165) is 12.0 Å². The average molecular weight is 291 g/mol. The summed E-state index contributed by atoms with van der Waals surface area (Å²) in [7, 11) is 0. The molecule has 21 heavy (non-hydrogen) atoms. The van der Waals surface area contributed by atoms with Gasteiger partial charge in [-0.15, -0.1) is 0 Å². The summed E-state index contributed by atoms with van der Waals surface area (Å²) in [4.78, 5) is 22.6. The smallest absolute Gasteiger partial charge is 0.335 e. The first-order valence-corrected chi connectivity index (χ1v) is 7.53. The molecule has 2 N–H and O–H groups in total. The highest BCUT2D eigenvalue weighted by molar-refractivity contribution is 5.87. The van der Waals surface area contributed by atoms with Crippen LogP contribution in [-0.4, -0.2) is 23.5 Å². The predicted octanol–water partition coefficient (Wildman–Crippen LogP) is 3.12. The van der Waals surface area contributed by atoms with E-state index in [2.05, 4.69) is 26.1 Å². The molecule has 0 bridgehead atoms. The average Bonchev–Trinajstić information content (AvgIpc) is 2.45. The molecule has 0 aliphatic heterocycles. The molecule has 4 heteroatoms. The monoisotopic (exact) mass is 291 g/mol. The zero-order valence-electron chi connectivity index (χ0n) is 13.1. The predicted molar refractivity (Wildman–Crippen MR) is 83.4 cm³/mol. The Hall–Kier alpha value is -1.84. The van der Waals surface area contributed by atoms with Crippen LogP contribution < -0.4 is 5.32 Å². The first-order valence-electron chi connectivity index (χ1n) is 7.53. The zero-order chi connectivity index (χ0) is 15.8. The minimum absolute atomic E-state index is 0.0951. The highest BCUT2D eigenvalue weighted by Gasteiger charge is 2.15. The summed E-state index contributed by atoms with van der Waals surface area (Å²) >= 11 is 0. The Kier molecular flexibility index (Phi) is 6.92. The minimum Gasteiger partial charge on any atom is -0.478 e. The lowest BCUT2D eigenvalue weighted by Gasteiger charge is -2.18.